The molecule has 5 nitrogen and oxygen atoms in total. The molecule has 2 fully saturated rings. The molecule has 7 heteroatoms. The highest BCUT2D eigenvalue weighted by molar-refractivity contribution is 7.90. The molecule has 0 aromatic carbocycles. The van der Waals surface area contributed by atoms with Gasteiger partial charge in [-0.25, -0.2) is 13.1 Å². The van der Waals surface area contributed by atoms with E-state index in [0.717, 1.165) is 12.8 Å². The van der Waals surface area contributed by atoms with E-state index < -0.39 is 10.0 Å². The minimum atomic E-state index is -3.21. The fourth-order valence-corrected chi connectivity index (χ4v) is 3.25. The van der Waals surface area contributed by atoms with Gasteiger partial charge in [-0.1, -0.05) is 0 Å². The first-order chi connectivity index (χ1) is 6.59. The molecule has 0 aromatic rings. The maximum atomic E-state index is 11.7. The fourth-order valence-electron chi connectivity index (χ4n) is 1.61. The lowest BCUT2D eigenvalue weighted by Gasteiger charge is -2.22. The number of halogens is 1. The Morgan fingerprint density at radius 3 is 2.53 bits per heavy atom. The maximum Gasteiger partial charge on any atom is 0.217 e. The summed E-state index contributed by atoms with van der Waals surface area (Å²) in [7, 11) is -3.21. The first-order valence-electron chi connectivity index (χ1n) is 4.94. The zero-order valence-corrected chi connectivity index (χ0v) is 10.0. The van der Waals surface area contributed by atoms with Crippen LogP contribution in [0.5, 0.6) is 0 Å². The van der Waals surface area contributed by atoms with Crippen molar-refractivity contribution in [3.8, 4) is 0 Å². The Balaban J connectivity index is 0.00000112. The van der Waals surface area contributed by atoms with Gasteiger partial charge in [0.2, 0.25) is 10.0 Å². The second kappa shape index (κ2) is 4.97. The van der Waals surface area contributed by atoms with Crippen LogP contribution < -0.4 is 10.5 Å². The Morgan fingerprint density at radius 1 is 1.40 bits per heavy atom. The van der Waals surface area contributed by atoms with E-state index in [1.807, 2.05) is 0 Å². The van der Waals surface area contributed by atoms with Crippen LogP contribution >= 0.6 is 12.4 Å². The monoisotopic (exact) mass is 256 g/mol. The minimum Gasteiger partial charge on any atom is -0.380 e. The Kier molecular flexibility index (Phi) is 4.37. The van der Waals surface area contributed by atoms with Crippen molar-refractivity contribution in [1.82, 2.24) is 4.72 Å². The minimum absolute atomic E-state index is 0. The predicted octanol–water partition coefficient (Wildman–Crippen LogP) is -0.394. The highest BCUT2D eigenvalue weighted by Crippen LogP contribution is 2.22. The predicted molar refractivity (Wildman–Crippen MR) is 59.5 cm³/mol. The van der Waals surface area contributed by atoms with Crippen LogP contribution in [-0.4, -0.2) is 39.0 Å². The van der Waals surface area contributed by atoms with Crippen molar-refractivity contribution in [2.45, 2.75) is 36.6 Å². The standard InChI is InChI=1S/C8H16N2O3S.ClH/c9-7-4-8(7)10-14(11,12)6-2-1-3-13-5-6;/h6-8,10H,1-5,9H2;1H. The fraction of sp³-hybridized carbons (Fsp3) is 1.00. The molecule has 1 aliphatic carbocycles. The SMILES string of the molecule is Cl.NC1CC1NS(=O)(=O)C1CCCOC1. The number of nitrogens with two attached hydrogens (primary N) is 1. The summed E-state index contributed by atoms with van der Waals surface area (Å²) in [6.45, 7) is 0.992. The lowest BCUT2D eigenvalue weighted by atomic mass is 10.2. The number of rotatable bonds is 3. The van der Waals surface area contributed by atoms with E-state index in [1.54, 1.807) is 0 Å². The molecule has 1 saturated carbocycles. The van der Waals surface area contributed by atoms with Crippen molar-refractivity contribution < 1.29 is 13.2 Å². The van der Waals surface area contributed by atoms with Crippen molar-refractivity contribution in [3.05, 3.63) is 0 Å². The summed E-state index contributed by atoms with van der Waals surface area (Å²) in [6.07, 6.45) is 2.27. The van der Waals surface area contributed by atoms with E-state index in [-0.39, 0.29) is 29.7 Å². The van der Waals surface area contributed by atoms with Crippen LogP contribution in [0.25, 0.3) is 0 Å². The number of ether oxygens (including phenoxy) is 1. The second-order valence-electron chi connectivity index (χ2n) is 4.01. The average molecular weight is 257 g/mol. The zero-order valence-electron chi connectivity index (χ0n) is 8.39. The molecule has 90 valence electrons. The maximum absolute atomic E-state index is 11.7. The third-order valence-corrected chi connectivity index (χ3v) is 4.59. The van der Waals surface area contributed by atoms with E-state index in [9.17, 15) is 8.42 Å². The molecular formula is C8H17ClN2O3S. The van der Waals surface area contributed by atoms with Crippen molar-refractivity contribution in [3.63, 3.8) is 0 Å². The molecule has 3 N–H and O–H groups in total. The van der Waals surface area contributed by atoms with Crippen molar-refractivity contribution >= 4 is 22.4 Å². The highest BCUT2D eigenvalue weighted by Gasteiger charge is 2.39. The molecule has 2 aliphatic rings. The molecule has 0 amide bonds. The quantitative estimate of drug-likeness (QED) is 0.720. The van der Waals surface area contributed by atoms with Crippen molar-refractivity contribution in [2.24, 2.45) is 5.73 Å². The third-order valence-electron chi connectivity index (χ3n) is 2.71. The van der Waals surface area contributed by atoms with E-state index in [1.165, 1.54) is 0 Å². The van der Waals surface area contributed by atoms with Gasteiger partial charge in [-0.2, -0.15) is 0 Å². The van der Waals surface area contributed by atoms with Crippen molar-refractivity contribution in [1.29, 1.82) is 0 Å². The van der Waals surface area contributed by atoms with Gasteiger partial charge >= 0.3 is 0 Å². The second-order valence-corrected chi connectivity index (χ2v) is 6.00. The molecule has 0 radical (unpaired) electrons. The van der Waals surface area contributed by atoms with Gasteiger partial charge in [-0.05, 0) is 19.3 Å². The number of hydrogen-bond donors (Lipinski definition) is 2. The molecule has 1 heterocycles. The molecule has 2 rings (SSSR count). The lowest BCUT2D eigenvalue weighted by molar-refractivity contribution is 0.0988. The van der Waals surface area contributed by atoms with Gasteiger partial charge in [0.15, 0.2) is 0 Å². The Hall–Kier alpha value is 0.120. The highest BCUT2D eigenvalue weighted by atomic mass is 35.5. The first kappa shape index (κ1) is 13.2. The van der Waals surface area contributed by atoms with Gasteiger partial charge < -0.3 is 10.5 Å². The Morgan fingerprint density at radius 2 is 2.07 bits per heavy atom. The molecule has 1 aliphatic heterocycles. The normalized spacial score (nSPS) is 35.7. The van der Waals surface area contributed by atoms with Crippen LogP contribution in [0, 0.1) is 0 Å². The van der Waals surface area contributed by atoms with Gasteiger partial charge in [-0.15, -0.1) is 12.4 Å². The summed E-state index contributed by atoms with van der Waals surface area (Å²) >= 11 is 0. The van der Waals surface area contributed by atoms with Gasteiger partial charge in [0, 0.05) is 18.7 Å². The van der Waals surface area contributed by atoms with Crippen LogP contribution in [0.4, 0.5) is 0 Å². The van der Waals surface area contributed by atoms with Crippen LogP contribution in [0.15, 0.2) is 0 Å². The van der Waals surface area contributed by atoms with Gasteiger partial charge in [0.05, 0.1) is 11.9 Å². The summed E-state index contributed by atoms with van der Waals surface area (Å²) in [5.41, 5.74) is 5.55. The largest absolute Gasteiger partial charge is 0.380 e. The zero-order chi connectivity index (χ0) is 10.2. The number of hydrogen-bond acceptors (Lipinski definition) is 4. The molecule has 0 bridgehead atoms. The molecule has 1 saturated heterocycles. The van der Waals surface area contributed by atoms with E-state index in [2.05, 4.69) is 4.72 Å². The third kappa shape index (κ3) is 3.29. The van der Waals surface area contributed by atoms with Crippen molar-refractivity contribution in [2.75, 3.05) is 13.2 Å². The first-order valence-corrected chi connectivity index (χ1v) is 6.49. The van der Waals surface area contributed by atoms with Crippen LogP contribution in [-0.2, 0) is 14.8 Å². The molecule has 0 aromatic heterocycles. The van der Waals surface area contributed by atoms with E-state index >= 15 is 0 Å². The summed E-state index contributed by atoms with van der Waals surface area (Å²) in [5.74, 6) is 0. The van der Waals surface area contributed by atoms with Gasteiger partial charge in [-0.3, -0.25) is 0 Å². The van der Waals surface area contributed by atoms with Gasteiger partial charge in [0.1, 0.15) is 0 Å². The number of sulfonamides is 1. The Labute approximate surface area is 96.2 Å². The average Bonchev–Trinajstić information content (AvgIpc) is 2.82. The smallest absolute Gasteiger partial charge is 0.217 e. The number of nitrogens with one attached hydrogen (secondary N) is 1. The van der Waals surface area contributed by atoms with Crippen LogP contribution in [0.1, 0.15) is 19.3 Å². The molecule has 3 atom stereocenters. The lowest BCUT2D eigenvalue weighted by Crippen LogP contribution is -2.41. The van der Waals surface area contributed by atoms with E-state index in [0.29, 0.717) is 19.6 Å². The molecule has 0 spiro atoms. The summed E-state index contributed by atoms with van der Waals surface area (Å²) in [4.78, 5) is 0. The molecule has 3 unspecified atom stereocenters. The summed E-state index contributed by atoms with van der Waals surface area (Å²) in [5, 5.41) is -0.385. The summed E-state index contributed by atoms with van der Waals surface area (Å²) in [6, 6.07) is -0.0313. The molecule has 15 heavy (non-hydrogen) atoms. The Bertz CT molecular complexity index is 303. The summed E-state index contributed by atoms with van der Waals surface area (Å²) < 4.78 is 31.2. The molecular weight excluding hydrogens is 240 g/mol. The van der Waals surface area contributed by atoms with Gasteiger partial charge in [0.25, 0.3) is 0 Å². The van der Waals surface area contributed by atoms with E-state index in [4.69, 9.17) is 10.5 Å². The van der Waals surface area contributed by atoms with Crippen LogP contribution in [0.2, 0.25) is 0 Å². The van der Waals surface area contributed by atoms with Crippen LogP contribution in [0.3, 0.4) is 0 Å². The topological polar surface area (TPSA) is 81.4 Å².